The van der Waals surface area contributed by atoms with Gasteiger partial charge in [-0.2, -0.15) is 4.31 Å². The Morgan fingerprint density at radius 2 is 1.52 bits per heavy atom. The Morgan fingerprint density at radius 3 is 2.11 bits per heavy atom. The van der Waals surface area contributed by atoms with Gasteiger partial charge in [0.1, 0.15) is 0 Å². The summed E-state index contributed by atoms with van der Waals surface area (Å²) in [4.78, 5) is 12.5. The molecule has 5 nitrogen and oxygen atoms in total. The molecule has 7 heteroatoms. The zero-order valence-electron chi connectivity index (χ0n) is 15.0. The Bertz CT molecular complexity index is 872. The van der Waals surface area contributed by atoms with Crippen molar-refractivity contribution in [3.63, 3.8) is 0 Å². The van der Waals surface area contributed by atoms with Crippen LogP contribution in [-0.4, -0.2) is 31.7 Å². The maximum absolute atomic E-state index is 12.8. The van der Waals surface area contributed by atoms with Crippen LogP contribution in [-0.2, 0) is 21.2 Å². The number of carbonyl (C=O) groups excluding carboxylic acids is 1. The number of sulfonamides is 1. The number of nitrogens with zero attached hydrogens (tertiary/aromatic N) is 1. The van der Waals surface area contributed by atoms with Gasteiger partial charge in [0.05, 0.1) is 11.3 Å². The maximum atomic E-state index is 12.8. The highest BCUT2D eigenvalue weighted by Crippen LogP contribution is 2.22. The Morgan fingerprint density at radius 1 is 0.926 bits per heavy atom. The molecule has 27 heavy (non-hydrogen) atoms. The van der Waals surface area contributed by atoms with Crippen LogP contribution < -0.4 is 5.32 Å². The maximum Gasteiger partial charge on any atom is 0.243 e. The van der Waals surface area contributed by atoms with Crippen LogP contribution in [0.2, 0.25) is 0 Å². The largest absolute Gasteiger partial charge is 0.326 e. The second-order valence-electron chi connectivity index (χ2n) is 6.69. The lowest BCUT2D eigenvalue weighted by Crippen LogP contribution is -2.31. The van der Waals surface area contributed by atoms with Crippen LogP contribution >= 0.6 is 15.9 Å². The fourth-order valence-electron chi connectivity index (χ4n) is 3.13. The molecule has 3 rings (SSSR count). The molecule has 1 fully saturated rings. The van der Waals surface area contributed by atoms with E-state index in [9.17, 15) is 13.2 Å². The van der Waals surface area contributed by atoms with Gasteiger partial charge in [-0.15, -0.1) is 0 Å². The second-order valence-corrected chi connectivity index (χ2v) is 9.55. The topological polar surface area (TPSA) is 66.5 Å². The first kappa shape index (κ1) is 20.0. The van der Waals surface area contributed by atoms with Crippen molar-refractivity contribution in [2.24, 2.45) is 0 Å². The first-order valence-corrected chi connectivity index (χ1v) is 11.3. The van der Waals surface area contributed by atoms with Gasteiger partial charge in [0, 0.05) is 23.2 Å². The van der Waals surface area contributed by atoms with Gasteiger partial charge in [0.15, 0.2) is 0 Å². The predicted octanol–water partition coefficient (Wildman–Crippen LogP) is 4.20. The summed E-state index contributed by atoms with van der Waals surface area (Å²) in [5.74, 6) is -0.138. The molecule has 0 aliphatic carbocycles. The van der Waals surface area contributed by atoms with Crippen molar-refractivity contribution < 1.29 is 13.2 Å². The van der Waals surface area contributed by atoms with Crippen molar-refractivity contribution in [3.05, 3.63) is 58.6 Å². The molecule has 2 aromatic rings. The first-order valence-electron chi connectivity index (χ1n) is 9.10. The molecular formula is C20H23BrN2O3S. The van der Waals surface area contributed by atoms with Crippen LogP contribution in [0.3, 0.4) is 0 Å². The molecular weight excluding hydrogens is 428 g/mol. The number of carbonyl (C=O) groups is 1. The lowest BCUT2D eigenvalue weighted by atomic mass is 10.1. The van der Waals surface area contributed by atoms with E-state index in [0.717, 1.165) is 35.7 Å². The zero-order valence-corrected chi connectivity index (χ0v) is 17.4. The van der Waals surface area contributed by atoms with Crippen molar-refractivity contribution in [3.8, 4) is 0 Å². The van der Waals surface area contributed by atoms with Crippen LogP contribution in [0.5, 0.6) is 0 Å². The van der Waals surface area contributed by atoms with Crippen molar-refractivity contribution >= 4 is 37.5 Å². The molecule has 1 heterocycles. The first-order chi connectivity index (χ1) is 12.9. The summed E-state index contributed by atoms with van der Waals surface area (Å²) in [6, 6.07) is 14.0. The third kappa shape index (κ3) is 5.40. The number of benzene rings is 2. The molecule has 0 spiro atoms. The molecule has 0 atom stereocenters. The van der Waals surface area contributed by atoms with Gasteiger partial charge in [-0.25, -0.2) is 8.42 Å². The van der Waals surface area contributed by atoms with Crippen molar-refractivity contribution in [1.82, 2.24) is 4.31 Å². The van der Waals surface area contributed by atoms with E-state index in [-0.39, 0.29) is 17.2 Å². The molecule has 1 amide bonds. The van der Waals surface area contributed by atoms with E-state index in [4.69, 9.17) is 0 Å². The van der Waals surface area contributed by atoms with E-state index in [0.29, 0.717) is 18.8 Å². The molecule has 1 N–H and O–H groups in total. The normalized spacial score (nSPS) is 15.9. The number of hydrogen-bond donors (Lipinski definition) is 1. The van der Waals surface area contributed by atoms with E-state index in [1.54, 1.807) is 28.6 Å². The molecule has 1 aliphatic heterocycles. The van der Waals surface area contributed by atoms with Gasteiger partial charge in [-0.3, -0.25) is 4.79 Å². The number of anilines is 1. The predicted molar refractivity (Wildman–Crippen MR) is 110 cm³/mol. The van der Waals surface area contributed by atoms with Gasteiger partial charge in [-0.05, 0) is 54.8 Å². The summed E-state index contributed by atoms with van der Waals surface area (Å²) >= 11 is 3.37. The van der Waals surface area contributed by atoms with Crippen molar-refractivity contribution in [2.45, 2.75) is 37.0 Å². The van der Waals surface area contributed by atoms with E-state index in [1.807, 2.05) is 24.3 Å². The standard InChI is InChI=1S/C20H23BrN2O3S/c21-17-7-5-16(6-8-17)15-20(24)22-18-9-11-19(12-10-18)27(25,26)23-13-3-1-2-4-14-23/h5-12H,1-4,13-15H2,(H,22,24). The lowest BCUT2D eigenvalue weighted by molar-refractivity contribution is -0.115. The van der Waals surface area contributed by atoms with Gasteiger partial charge >= 0.3 is 0 Å². The van der Waals surface area contributed by atoms with Gasteiger partial charge in [-0.1, -0.05) is 40.9 Å². The molecule has 0 unspecified atom stereocenters. The number of rotatable bonds is 5. The Kier molecular flexibility index (Phi) is 6.68. The molecule has 0 radical (unpaired) electrons. The van der Waals surface area contributed by atoms with E-state index < -0.39 is 10.0 Å². The van der Waals surface area contributed by atoms with Crippen LogP contribution in [0.4, 0.5) is 5.69 Å². The van der Waals surface area contributed by atoms with Crippen LogP contribution in [0.25, 0.3) is 0 Å². The van der Waals surface area contributed by atoms with Crippen LogP contribution in [0, 0.1) is 0 Å². The minimum absolute atomic E-state index is 0.138. The Labute approximate surface area is 169 Å². The summed E-state index contributed by atoms with van der Waals surface area (Å²) in [7, 11) is -3.47. The molecule has 2 aromatic carbocycles. The highest BCUT2D eigenvalue weighted by Gasteiger charge is 2.24. The van der Waals surface area contributed by atoms with Crippen LogP contribution in [0.15, 0.2) is 57.9 Å². The zero-order chi connectivity index (χ0) is 19.3. The molecule has 1 saturated heterocycles. The highest BCUT2D eigenvalue weighted by atomic mass is 79.9. The molecule has 0 aromatic heterocycles. The Hall–Kier alpha value is -1.70. The summed E-state index contributed by atoms with van der Waals surface area (Å²) < 4.78 is 28.1. The number of halogens is 1. The summed E-state index contributed by atoms with van der Waals surface area (Å²) in [6.07, 6.45) is 4.23. The van der Waals surface area contributed by atoms with Gasteiger partial charge in [0.2, 0.25) is 15.9 Å². The fourth-order valence-corrected chi connectivity index (χ4v) is 4.92. The average Bonchev–Trinajstić information content (AvgIpc) is 2.94. The molecule has 0 saturated carbocycles. The van der Waals surface area contributed by atoms with E-state index in [2.05, 4.69) is 21.2 Å². The minimum Gasteiger partial charge on any atom is -0.326 e. The smallest absolute Gasteiger partial charge is 0.243 e. The SMILES string of the molecule is O=C(Cc1ccc(Br)cc1)Nc1ccc(S(=O)(=O)N2CCCCCC2)cc1. The average molecular weight is 451 g/mol. The highest BCUT2D eigenvalue weighted by molar-refractivity contribution is 9.10. The van der Waals surface area contributed by atoms with Gasteiger partial charge in [0.25, 0.3) is 0 Å². The minimum atomic E-state index is -3.47. The monoisotopic (exact) mass is 450 g/mol. The summed E-state index contributed by atoms with van der Waals surface area (Å²) in [6.45, 7) is 1.15. The van der Waals surface area contributed by atoms with E-state index >= 15 is 0 Å². The summed E-state index contributed by atoms with van der Waals surface area (Å²) in [5, 5.41) is 2.81. The second kappa shape index (κ2) is 8.99. The number of amides is 1. The molecule has 1 aliphatic rings. The number of nitrogens with one attached hydrogen (secondary N) is 1. The van der Waals surface area contributed by atoms with Crippen LogP contribution in [0.1, 0.15) is 31.2 Å². The summed E-state index contributed by atoms with van der Waals surface area (Å²) in [5.41, 5.74) is 1.50. The third-order valence-corrected chi connectivity index (χ3v) is 7.06. The van der Waals surface area contributed by atoms with Gasteiger partial charge < -0.3 is 5.32 Å². The fraction of sp³-hybridized carbons (Fsp3) is 0.350. The van der Waals surface area contributed by atoms with Crippen molar-refractivity contribution in [1.29, 1.82) is 0 Å². The molecule has 144 valence electrons. The molecule has 0 bridgehead atoms. The quantitative estimate of drug-likeness (QED) is 0.741. The third-order valence-electron chi connectivity index (χ3n) is 4.62. The number of hydrogen-bond acceptors (Lipinski definition) is 3. The lowest BCUT2D eigenvalue weighted by Gasteiger charge is -2.20. The Balaban J connectivity index is 1.64. The van der Waals surface area contributed by atoms with E-state index in [1.165, 1.54) is 0 Å². The van der Waals surface area contributed by atoms with Crippen molar-refractivity contribution in [2.75, 3.05) is 18.4 Å².